The number of carbonyl (C=O) groups is 2. The van der Waals surface area contributed by atoms with Crippen LogP contribution in [0.1, 0.15) is 72.4 Å². The van der Waals surface area contributed by atoms with Gasteiger partial charge in [-0.1, -0.05) is 48.5 Å². The third-order valence-corrected chi connectivity index (χ3v) is 11.4. The fourth-order valence-corrected chi connectivity index (χ4v) is 8.31. The Morgan fingerprint density at radius 1 is 1.04 bits per heavy atom. The van der Waals surface area contributed by atoms with Crippen molar-refractivity contribution in [1.82, 2.24) is 9.62 Å². The maximum absolute atomic E-state index is 13.8. The summed E-state index contributed by atoms with van der Waals surface area (Å²) < 4.78 is 40.1. The lowest BCUT2D eigenvalue weighted by atomic mass is 9.94. The van der Waals surface area contributed by atoms with Crippen molar-refractivity contribution in [3.63, 3.8) is 0 Å². The van der Waals surface area contributed by atoms with Gasteiger partial charge in [-0.15, -0.1) is 0 Å². The van der Waals surface area contributed by atoms with Crippen LogP contribution in [0.4, 0.5) is 4.79 Å². The van der Waals surface area contributed by atoms with E-state index in [1.807, 2.05) is 69.3 Å². The van der Waals surface area contributed by atoms with E-state index in [9.17, 15) is 23.1 Å². The van der Waals surface area contributed by atoms with Gasteiger partial charge in [0.1, 0.15) is 24.0 Å². The first kappa shape index (κ1) is 34.7. The second-order valence-electron chi connectivity index (χ2n) is 13.1. The van der Waals surface area contributed by atoms with Gasteiger partial charge in [0.25, 0.3) is 10.0 Å². The van der Waals surface area contributed by atoms with Crippen LogP contribution < -0.4 is 15.8 Å². The molecule has 0 aromatic heterocycles. The zero-order valence-corrected chi connectivity index (χ0v) is 29.1. The SMILES string of the molecule is Cc1c(C)c(S(=O)(=O)N(C)C(N)=NCCCC[C@H](NC(=O)OCC2c3ccccc3-c3ccccc32)C(=O)O)c(C)c2c1OC(C)(C)C2. The first-order chi connectivity index (χ1) is 22.6. The molecule has 4 N–H and O–H groups in total. The number of carboxylic acids is 1. The zero-order chi connectivity index (χ0) is 35.0. The number of carboxylic acid groups (broad SMARTS) is 1. The molecule has 3 aromatic carbocycles. The fourth-order valence-electron chi connectivity index (χ4n) is 6.68. The normalized spacial score (nSPS) is 15.6. The minimum Gasteiger partial charge on any atom is -0.487 e. The van der Waals surface area contributed by atoms with E-state index in [2.05, 4.69) is 10.3 Å². The molecular weight excluding hydrogens is 632 g/mol. The molecule has 0 saturated carbocycles. The van der Waals surface area contributed by atoms with Crippen molar-refractivity contribution in [3.8, 4) is 16.9 Å². The topological polar surface area (TPSA) is 161 Å². The van der Waals surface area contributed by atoms with Gasteiger partial charge in [-0.25, -0.2) is 22.3 Å². The molecule has 48 heavy (non-hydrogen) atoms. The number of sulfonamides is 1. The number of hydrogen-bond donors (Lipinski definition) is 3. The van der Waals surface area contributed by atoms with Crippen molar-refractivity contribution in [2.45, 2.75) is 82.8 Å². The Hall–Kier alpha value is -4.58. The smallest absolute Gasteiger partial charge is 0.407 e. The molecule has 2 aliphatic rings. The number of nitrogens with zero attached hydrogens (tertiary/aromatic N) is 2. The fraction of sp³-hybridized carbons (Fsp3) is 0.417. The highest BCUT2D eigenvalue weighted by molar-refractivity contribution is 7.89. The van der Waals surface area contributed by atoms with Gasteiger partial charge >= 0.3 is 12.1 Å². The van der Waals surface area contributed by atoms with Crippen molar-refractivity contribution < 1.29 is 32.6 Å². The van der Waals surface area contributed by atoms with Crippen LogP contribution in [0.25, 0.3) is 11.1 Å². The van der Waals surface area contributed by atoms with Gasteiger partial charge in [0, 0.05) is 31.5 Å². The Balaban J connectivity index is 1.14. The number of amides is 1. The van der Waals surface area contributed by atoms with Crippen LogP contribution in [0.15, 0.2) is 58.4 Å². The minimum absolute atomic E-state index is 0.0758. The molecule has 0 saturated heterocycles. The molecule has 0 fully saturated rings. The summed E-state index contributed by atoms with van der Waals surface area (Å²) in [5, 5.41) is 12.2. The number of rotatable bonds is 11. The van der Waals surface area contributed by atoms with Crippen LogP contribution in [0, 0.1) is 20.8 Å². The summed E-state index contributed by atoms with van der Waals surface area (Å²) in [6.45, 7) is 9.61. The first-order valence-corrected chi connectivity index (χ1v) is 17.5. The van der Waals surface area contributed by atoms with E-state index in [1.54, 1.807) is 13.8 Å². The highest BCUT2D eigenvalue weighted by atomic mass is 32.2. The molecule has 1 amide bonds. The van der Waals surface area contributed by atoms with E-state index in [-0.39, 0.29) is 36.3 Å². The molecule has 1 aliphatic carbocycles. The number of aliphatic carboxylic acids is 1. The van der Waals surface area contributed by atoms with E-state index in [0.29, 0.717) is 30.4 Å². The molecule has 5 rings (SSSR count). The molecule has 0 unspecified atom stereocenters. The van der Waals surface area contributed by atoms with Gasteiger partial charge in [0.2, 0.25) is 5.96 Å². The Labute approximate surface area is 282 Å². The predicted octanol–water partition coefficient (Wildman–Crippen LogP) is 5.42. The summed E-state index contributed by atoms with van der Waals surface area (Å²) in [5.74, 6) is -0.750. The van der Waals surface area contributed by atoms with E-state index >= 15 is 0 Å². The Bertz CT molecular complexity index is 1840. The Morgan fingerprint density at radius 2 is 1.65 bits per heavy atom. The first-order valence-electron chi connectivity index (χ1n) is 16.1. The second-order valence-corrected chi connectivity index (χ2v) is 15.0. The summed E-state index contributed by atoms with van der Waals surface area (Å²) in [6.07, 6.45) is 0.743. The summed E-state index contributed by atoms with van der Waals surface area (Å²) in [5.41, 5.74) is 12.9. The van der Waals surface area contributed by atoms with Crippen molar-refractivity contribution in [2.24, 2.45) is 10.7 Å². The number of benzene rings is 3. The average molecular weight is 677 g/mol. The summed E-state index contributed by atoms with van der Waals surface area (Å²) in [7, 11) is -2.65. The van der Waals surface area contributed by atoms with Gasteiger partial charge in [0.05, 0.1) is 4.90 Å². The quantitative estimate of drug-likeness (QED) is 0.138. The largest absolute Gasteiger partial charge is 0.487 e. The maximum atomic E-state index is 13.8. The number of hydrogen-bond acceptors (Lipinski definition) is 7. The monoisotopic (exact) mass is 676 g/mol. The van der Waals surface area contributed by atoms with Crippen LogP contribution in [0.3, 0.4) is 0 Å². The predicted molar refractivity (Wildman–Crippen MR) is 184 cm³/mol. The van der Waals surface area contributed by atoms with Crippen molar-refractivity contribution in [2.75, 3.05) is 20.2 Å². The highest BCUT2D eigenvalue weighted by Gasteiger charge is 2.38. The standard InChI is InChI=1S/C36H44N4O7S/c1-21-22(2)32(23(3)28-19-36(4,5)47-31(21)28)48(44,45)40(6)34(37)38-18-12-11-17-30(33(41)42)39-35(43)46-20-29-26-15-9-7-13-24(26)25-14-8-10-16-27(25)29/h7-10,13-16,29-30H,11-12,17-20H2,1-6H3,(H2,37,38)(H,39,43)(H,41,42)/t30-/m0/s1. The van der Waals surface area contributed by atoms with Gasteiger partial charge in [-0.2, -0.15) is 0 Å². The van der Waals surface area contributed by atoms with Crippen LogP contribution >= 0.6 is 0 Å². The Morgan fingerprint density at radius 3 is 2.25 bits per heavy atom. The highest BCUT2D eigenvalue weighted by Crippen LogP contribution is 2.45. The van der Waals surface area contributed by atoms with Crippen LogP contribution in [0.2, 0.25) is 0 Å². The van der Waals surface area contributed by atoms with Gasteiger partial charge in [-0.3, -0.25) is 4.99 Å². The molecule has 12 heteroatoms. The summed E-state index contributed by atoms with van der Waals surface area (Å²) >= 11 is 0. The molecule has 1 atom stereocenters. The lowest BCUT2D eigenvalue weighted by Gasteiger charge is -2.23. The van der Waals surface area contributed by atoms with Crippen molar-refractivity contribution in [3.05, 3.63) is 81.9 Å². The molecule has 11 nitrogen and oxygen atoms in total. The molecule has 1 heterocycles. The molecular formula is C36H44N4O7S. The Kier molecular flexibility index (Phi) is 9.77. The number of nitrogens with two attached hydrogens (primary N) is 1. The molecule has 0 bridgehead atoms. The number of alkyl carbamates (subject to hydrolysis) is 1. The third-order valence-electron chi connectivity index (χ3n) is 9.34. The molecule has 0 radical (unpaired) electrons. The number of ether oxygens (including phenoxy) is 2. The average Bonchev–Trinajstić information content (AvgIpc) is 3.55. The number of guanidine groups is 1. The number of carbonyl (C=O) groups excluding carboxylic acids is 1. The summed E-state index contributed by atoms with van der Waals surface area (Å²) in [4.78, 5) is 29.0. The second kappa shape index (κ2) is 13.5. The number of unbranched alkanes of at least 4 members (excludes halogenated alkanes) is 1. The zero-order valence-electron chi connectivity index (χ0n) is 28.3. The van der Waals surface area contributed by atoms with Gasteiger partial charge in [0.15, 0.2) is 0 Å². The lowest BCUT2D eigenvalue weighted by molar-refractivity contribution is -0.139. The third kappa shape index (κ3) is 6.71. The van der Waals surface area contributed by atoms with Gasteiger partial charge in [-0.05, 0) is 92.8 Å². The minimum atomic E-state index is -4.02. The number of aliphatic imine (C=N–C) groups is 1. The van der Waals surface area contributed by atoms with E-state index in [1.165, 1.54) is 7.05 Å². The maximum Gasteiger partial charge on any atom is 0.407 e. The lowest BCUT2D eigenvalue weighted by Crippen LogP contribution is -2.41. The van der Waals surface area contributed by atoms with Crippen LogP contribution in [-0.4, -0.2) is 67.7 Å². The van der Waals surface area contributed by atoms with Crippen LogP contribution in [0.5, 0.6) is 5.75 Å². The van der Waals surface area contributed by atoms with E-state index < -0.39 is 33.7 Å². The van der Waals surface area contributed by atoms with Crippen LogP contribution in [-0.2, 0) is 26.0 Å². The van der Waals surface area contributed by atoms with E-state index in [0.717, 1.165) is 43.4 Å². The molecule has 256 valence electrons. The molecule has 1 aliphatic heterocycles. The number of nitrogens with one attached hydrogen (secondary N) is 1. The number of fused-ring (bicyclic) bond motifs is 4. The molecule has 0 spiro atoms. The van der Waals surface area contributed by atoms with Crippen molar-refractivity contribution in [1.29, 1.82) is 0 Å². The van der Waals surface area contributed by atoms with E-state index in [4.69, 9.17) is 15.2 Å². The van der Waals surface area contributed by atoms with Gasteiger partial charge < -0.3 is 25.6 Å². The molecule has 3 aromatic rings. The summed E-state index contributed by atoms with van der Waals surface area (Å²) in [6, 6.07) is 14.8. The van der Waals surface area contributed by atoms with Crippen molar-refractivity contribution >= 4 is 28.0 Å².